The Hall–Kier alpha value is -1.09. The van der Waals surface area contributed by atoms with Gasteiger partial charge in [0, 0.05) is 13.1 Å². The molecule has 0 spiro atoms. The van der Waals surface area contributed by atoms with Gasteiger partial charge < -0.3 is 20.5 Å². The zero-order valence-corrected chi connectivity index (χ0v) is 18.6. The Kier molecular flexibility index (Phi) is 12.6. The van der Waals surface area contributed by atoms with Crippen LogP contribution in [0.4, 0.5) is 4.39 Å². The zero-order valence-electron chi connectivity index (χ0n) is 16.3. The molecule has 5 nitrogen and oxygen atoms in total. The first-order valence-corrected chi connectivity index (χ1v) is 9.05. The Morgan fingerprint density at radius 1 is 1.19 bits per heavy atom. The van der Waals surface area contributed by atoms with E-state index in [0.29, 0.717) is 25.6 Å². The molecule has 150 valence electrons. The maximum absolute atomic E-state index is 13.8. The Balaban J connectivity index is 0.00000625. The molecule has 0 aliphatic rings. The first-order valence-electron chi connectivity index (χ1n) is 9.05. The molecule has 1 aromatic carbocycles. The molecule has 0 bridgehead atoms. The summed E-state index contributed by atoms with van der Waals surface area (Å²) in [5.41, 5.74) is 0.0271. The number of aliphatic hydroxyl groups is 1. The standard InChI is InChI=1S/C19H32FN3O2.HI/c1-5-10-19(24,11-6-2)14-23-18(21-7-3)22-13-15-8-9-17(25-4)16(20)12-15;/h8-9,12,24H,5-7,10-11,13-14H2,1-4H3,(H2,21,22,23);1H. The zero-order chi connectivity index (χ0) is 18.7. The van der Waals surface area contributed by atoms with E-state index in [2.05, 4.69) is 29.5 Å². The molecule has 7 heteroatoms. The summed E-state index contributed by atoms with van der Waals surface area (Å²) < 4.78 is 18.7. The molecule has 0 atom stereocenters. The molecule has 0 saturated heterocycles. The SMILES string of the molecule is CCCC(O)(CCC)CNC(=NCc1ccc(OC)c(F)c1)NCC.I. The lowest BCUT2D eigenvalue weighted by Gasteiger charge is -2.28. The Bertz CT molecular complexity index is 550. The summed E-state index contributed by atoms with van der Waals surface area (Å²) in [6.45, 7) is 7.61. The fraction of sp³-hybridized carbons (Fsp3) is 0.632. The van der Waals surface area contributed by atoms with Gasteiger partial charge in [-0.25, -0.2) is 9.38 Å². The Morgan fingerprint density at radius 3 is 2.35 bits per heavy atom. The molecule has 3 N–H and O–H groups in total. The maximum atomic E-state index is 13.8. The van der Waals surface area contributed by atoms with E-state index in [1.807, 2.05) is 6.92 Å². The summed E-state index contributed by atoms with van der Waals surface area (Å²) in [4.78, 5) is 4.48. The van der Waals surface area contributed by atoms with Crippen molar-refractivity contribution in [3.05, 3.63) is 29.6 Å². The number of guanidine groups is 1. The van der Waals surface area contributed by atoms with Crippen molar-refractivity contribution >= 4 is 29.9 Å². The number of nitrogens with zero attached hydrogens (tertiary/aromatic N) is 1. The fourth-order valence-corrected chi connectivity index (χ4v) is 2.80. The highest BCUT2D eigenvalue weighted by atomic mass is 127. The van der Waals surface area contributed by atoms with E-state index < -0.39 is 11.4 Å². The van der Waals surface area contributed by atoms with Gasteiger partial charge in [-0.1, -0.05) is 32.8 Å². The molecule has 0 aliphatic carbocycles. The number of hydrogen-bond donors (Lipinski definition) is 3. The summed E-state index contributed by atoms with van der Waals surface area (Å²) in [5.74, 6) is 0.444. The number of benzene rings is 1. The summed E-state index contributed by atoms with van der Waals surface area (Å²) in [5, 5.41) is 17.1. The van der Waals surface area contributed by atoms with Crippen molar-refractivity contribution in [1.82, 2.24) is 10.6 Å². The van der Waals surface area contributed by atoms with Gasteiger partial charge in [-0.05, 0) is 37.5 Å². The lowest BCUT2D eigenvalue weighted by atomic mass is 9.93. The number of nitrogens with one attached hydrogen (secondary N) is 2. The summed E-state index contributed by atoms with van der Waals surface area (Å²) >= 11 is 0. The number of hydrogen-bond acceptors (Lipinski definition) is 3. The molecule has 1 aromatic rings. The van der Waals surface area contributed by atoms with Gasteiger partial charge in [0.1, 0.15) is 0 Å². The van der Waals surface area contributed by atoms with Crippen LogP contribution in [0.25, 0.3) is 0 Å². The van der Waals surface area contributed by atoms with Crippen molar-refractivity contribution < 1.29 is 14.2 Å². The van der Waals surface area contributed by atoms with Crippen molar-refractivity contribution in [2.24, 2.45) is 4.99 Å². The lowest BCUT2D eigenvalue weighted by molar-refractivity contribution is 0.0257. The second-order valence-corrected chi connectivity index (χ2v) is 6.24. The fourth-order valence-electron chi connectivity index (χ4n) is 2.80. The van der Waals surface area contributed by atoms with Crippen LogP contribution in [-0.4, -0.2) is 36.9 Å². The third kappa shape index (κ3) is 8.53. The Morgan fingerprint density at radius 2 is 1.85 bits per heavy atom. The predicted molar refractivity (Wildman–Crippen MR) is 116 cm³/mol. The quantitative estimate of drug-likeness (QED) is 0.270. The topological polar surface area (TPSA) is 65.9 Å². The van der Waals surface area contributed by atoms with Crippen LogP contribution in [0.15, 0.2) is 23.2 Å². The van der Waals surface area contributed by atoms with Gasteiger partial charge >= 0.3 is 0 Å². The van der Waals surface area contributed by atoms with Crippen LogP contribution in [0.3, 0.4) is 0 Å². The van der Waals surface area contributed by atoms with E-state index in [0.717, 1.165) is 31.2 Å². The molecular formula is C19H33FIN3O2. The average Bonchev–Trinajstić information content (AvgIpc) is 2.58. The lowest BCUT2D eigenvalue weighted by Crippen LogP contribution is -2.47. The first-order chi connectivity index (χ1) is 12.0. The van der Waals surface area contributed by atoms with E-state index >= 15 is 0 Å². The van der Waals surface area contributed by atoms with Gasteiger partial charge in [0.15, 0.2) is 17.5 Å². The van der Waals surface area contributed by atoms with E-state index in [4.69, 9.17) is 4.74 Å². The second kappa shape index (κ2) is 13.1. The van der Waals surface area contributed by atoms with Gasteiger partial charge in [-0.15, -0.1) is 24.0 Å². The third-order valence-electron chi connectivity index (χ3n) is 4.00. The molecule has 0 fully saturated rings. The van der Waals surface area contributed by atoms with Crippen LogP contribution in [-0.2, 0) is 6.54 Å². The van der Waals surface area contributed by atoms with E-state index in [1.54, 1.807) is 12.1 Å². The van der Waals surface area contributed by atoms with Crippen LogP contribution < -0.4 is 15.4 Å². The molecule has 0 saturated carbocycles. The van der Waals surface area contributed by atoms with Gasteiger partial charge in [0.05, 0.1) is 19.3 Å². The van der Waals surface area contributed by atoms with Crippen molar-refractivity contribution in [2.75, 3.05) is 20.2 Å². The molecule has 0 radical (unpaired) electrons. The van der Waals surface area contributed by atoms with Crippen LogP contribution in [0.5, 0.6) is 5.75 Å². The third-order valence-corrected chi connectivity index (χ3v) is 4.00. The maximum Gasteiger partial charge on any atom is 0.191 e. The van der Waals surface area contributed by atoms with Crippen LogP contribution in [0.2, 0.25) is 0 Å². The number of aliphatic imine (C=N–C) groups is 1. The van der Waals surface area contributed by atoms with Gasteiger partial charge in [0.2, 0.25) is 0 Å². The van der Waals surface area contributed by atoms with Crippen molar-refractivity contribution in [2.45, 2.75) is 58.6 Å². The van der Waals surface area contributed by atoms with Crippen molar-refractivity contribution in [1.29, 1.82) is 0 Å². The first kappa shape index (κ1) is 24.9. The Labute approximate surface area is 173 Å². The van der Waals surface area contributed by atoms with Crippen LogP contribution >= 0.6 is 24.0 Å². The summed E-state index contributed by atoms with van der Waals surface area (Å²) in [6, 6.07) is 4.82. The number of halogens is 2. The highest BCUT2D eigenvalue weighted by Gasteiger charge is 2.24. The van der Waals surface area contributed by atoms with Gasteiger partial charge in [-0.2, -0.15) is 0 Å². The largest absolute Gasteiger partial charge is 0.494 e. The number of rotatable bonds is 10. The smallest absolute Gasteiger partial charge is 0.191 e. The van der Waals surface area contributed by atoms with E-state index in [9.17, 15) is 9.50 Å². The molecule has 0 unspecified atom stereocenters. The van der Waals surface area contributed by atoms with Crippen LogP contribution in [0, 0.1) is 5.82 Å². The average molecular weight is 481 g/mol. The molecule has 1 rings (SSSR count). The second-order valence-electron chi connectivity index (χ2n) is 6.24. The minimum absolute atomic E-state index is 0. The van der Waals surface area contributed by atoms with Crippen LogP contribution in [0.1, 0.15) is 52.0 Å². The normalized spacial score (nSPS) is 11.7. The van der Waals surface area contributed by atoms with E-state index in [1.165, 1.54) is 13.2 Å². The van der Waals surface area contributed by atoms with Gasteiger partial charge in [0.25, 0.3) is 0 Å². The van der Waals surface area contributed by atoms with Crippen molar-refractivity contribution in [3.63, 3.8) is 0 Å². The molecule has 0 aliphatic heterocycles. The monoisotopic (exact) mass is 481 g/mol. The van der Waals surface area contributed by atoms with Crippen molar-refractivity contribution in [3.8, 4) is 5.75 Å². The molecule has 26 heavy (non-hydrogen) atoms. The predicted octanol–water partition coefficient (Wildman–Crippen LogP) is 3.84. The molecule has 0 aromatic heterocycles. The number of ether oxygens (including phenoxy) is 1. The highest BCUT2D eigenvalue weighted by molar-refractivity contribution is 14.0. The minimum atomic E-state index is -0.730. The van der Waals surface area contributed by atoms with Gasteiger partial charge in [-0.3, -0.25) is 0 Å². The molecule has 0 heterocycles. The summed E-state index contributed by atoms with van der Waals surface area (Å²) in [6.07, 6.45) is 3.35. The van der Waals surface area contributed by atoms with E-state index in [-0.39, 0.29) is 29.7 Å². The molecular weight excluding hydrogens is 448 g/mol. The minimum Gasteiger partial charge on any atom is -0.494 e. The summed E-state index contributed by atoms with van der Waals surface area (Å²) in [7, 11) is 1.44. The number of methoxy groups -OCH3 is 1. The molecule has 0 amide bonds. The highest BCUT2D eigenvalue weighted by Crippen LogP contribution is 2.19.